The fraction of sp³-hybridized carbons (Fsp3) is 0.444. The van der Waals surface area contributed by atoms with Crippen molar-refractivity contribution in [1.82, 2.24) is 19.4 Å². The van der Waals surface area contributed by atoms with Crippen LogP contribution in [0.4, 0.5) is 5.00 Å². The lowest BCUT2D eigenvalue weighted by atomic mass is 10.0. The molecule has 0 unspecified atom stereocenters. The number of hydrogen-bond acceptors (Lipinski definition) is 5. The maximum Gasteiger partial charge on any atom is 0.257 e. The average molecular weight is 387 g/mol. The Bertz CT molecular complexity index is 932. The Morgan fingerprint density at radius 3 is 2.89 bits per heavy atom. The summed E-state index contributed by atoms with van der Waals surface area (Å²) in [7, 11) is 1.64. The molecule has 2 aromatic rings. The number of hydrogen-bond donors (Lipinski definition) is 1. The Morgan fingerprint density at radius 1 is 1.33 bits per heavy atom. The van der Waals surface area contributed by atoms with Crippen LogP contribution in [0.5, 0.6) is 0 Å². The number of nitrogens with one attached hydrogen (secondary N) is 1. The van der Waals surface area contributed by atoms with Crippen molar-refractivity contribution in [2.75, 3.05) is 25.5 Å². The lowest BCUT2D eigenvalue weighted by molar-refractivity contribution is -0.132. The van der Waals surface area contributed by atoms with Gasteiger partial charge >= 0.3 is 0 Å². The first-order valence-electron chi connectivity index (χ1n) is 8.89. The maximum absolute atomic E-state index is 12.6. The minimum Gasteiger partial charge on any atom is -0.337 e. The van der Waals surface area contributed by atoms with Crippen LogP contribution in [-0.4, -0.2) is 57.2 Å². The van der Waals surface area contributed by atoms with Crippen molar-refractivity contribution < 1.29 is 14.4 Å². The van der Waals surface area contributed by atoms with Crippen LogP contribution >= 0.6 is 11.3 Å². The molecule has 8 nitrogen and oxygen atoms in total. The van der Waals surface area contributed by atoms with E-state index in [0.29, 0.717) is 43.0 Å². The first kappa shape index (κ1) is 17.7. The van der Waals surface area contributed by atoms with Gasteiger partial charge in [0.1, 0.15) is 10.8 Å². The lowest BCUT2D eigenvalue weighted by Gasteiger charge is -2.27. The highest BCUT2D eigenvalue weighted by molar-refractivity contribution is 7.17. The number of aromatic nitrogens is 2. The molecule has 2 aliphatic heterocycles. The van der Waals surface area contributed by atoms with E-state index in [0.717, 1.165) is 16.3 Å². The molecule has 9 heteroatoms. The number of amides is 3. The Labute approximate surface area is 160 Å². The SMILES string of the molecule is Cc1nccn1CCC(=O)N1CCc2c(sc3c2C(=O)N(C)CC(=O)N3)C1. The van der Waals surface area contributed by atoms with Gasteiger partial charge in [0.05, 0.1) is 18.7 Å². The first-order valence-corrected chi connectivity index (χ1v) is 9.71. The molecule has 4 heterocycles. The van der Waals surface area contributed by atoms with Crippen molar-refractivity contribution in [2.45, 2.75) is 32.9 Å². The molecule has 4 rings (SSSR count). The first-order chi connectivity index (χ1) is 12.9. The molecule has 0 bridgehead atoms. The molecule has 0 aliphatic carbocycles. The second-order valence-electron chi connectivity index (χ2n) is 6.90. The van der Waals surface area contributed by atoms with Crippen LogP contribution in [-0.2, 0) is 29.1 Å². The largest absolute Gasteiger partial charge is 0.337 e. The molecule has 0 fully saturated rings. The molecule has 0 aromatic carbocycles. The summed E-state index contributed by atoms with van der Waals surface area (Å²) in [5.41, 5.74) is 1.58. The number of fused-ring (bicyclic) bond motifs is 3. The molecule has 0 spiro atoms. The molecule has 0 radical (unpaired) electrons. The molecule has 0 atom stereocenters. The molecule has 0 saturated carbocycles. The highest BCUT2D eigenvalue weighted by atomic mass is 32.1. The summed E-state index contributed by atoms with van der Waals surface area (Å²) in [4.78, 5) is 45.7. The van der Waals surface area contributed by atoms with Crippen LogP contribution in [0.3, 0.4) is 0 Å². The fourth-order valence-electron chi connectivity index (χ4n) is 3.59. The number of anilines is 1. The van der Waals surface area contributed by atoms with E-state index in [9.17, 15) is 14.4 Å². The van der Waals surface area contributed by atoms with Crippen LogP contribution in [0.15, 0.2) is 12.4 Å². The normalized spacial score (nSPS) is 16.7. The summed E-state index contributed by atoms with van der Waals surface area (Å²) >= 11 is 1.41. The number of thiophene rings is 1. The predicted molar refractivity (Wildman–Crippen MR) is 101 cm³/mol. The second-order valence-corrected chi connectivity index (χ2v) is 8.01. The molecule has 2 aromatic heterocycles. The zero-order valence-electron chi connectivity index (χ0n) is 15.3. The van der Waals surface area contributed by atoms with Crippen LogP contribution in [0.25, 0.3) is 0 Å². The van der Waals surface area contributed by atoms with Gasteiger partial charge in [-0.25, -0.2) is 4.98 Å². The summed E-state index contributed by atoms with van der Waals surface area (Å²) in [5, 5.41) is 3.45. The van der Waals surface area contributed by atoms with Crippen molar-refractivity contribution in [3.05, 3.63) is 34.2 Å². The zero-order valence-corrected chi connectivity index (χ0v) is 16.1. The molecular weight excluding hydrogens is 366 g/mol. The maximum atomic E-state index is 12.6. The lowest BCUT2D eigenvalue weighted by Crippen LogP contribution is -2.37. The molecule has 0 saturated heterocycles. The summed E-state index contributed by atoms with van der Waals surface area (Å²) in [5.74, 6) is 0.664. The van der Waals surface area contributed by atoms with Gasteiger partial charge in [-0.05, 0) is 18.9 Å². The van der Waals surface area contributed by atoms with Crippen molar-refractivity contribution >= 4 is 34.1 Å². The van der Waals surface area contributed by atoms with E-state index >= 15 is 0 Å². The quantitative estimate of drug-likeness (QED) is 0.859. The Morgan fingerprint density at radius 2 is 2.15 bits per heavy atom. The minimum atomic E-state index is -0.188. The Balaban J connectivity index is 1.50. The van der Waals surface area contributed by atoms with E-state index in [4.69, 9.17) is 0 Å². The number of aryl methyl sites for hydroxylation is 2. The van der Waals surface area contributed by atoms with Gasteiger partial charge in [0.2, 0.25) is 11.8 Å². The van der Waals surface area contributed by atoms with E-state index in [-0.39, 0.29) is 24.3 Å². The van der Waals surface area contributed by atoms with Gasteiger partial charge in [-0.2, -0.15) is 0 Å². The highest BCUT2D eigenvalue weighted by Crippen LogP contribution is 2.38. The Hall–Kier alpha value is -2.68. The monoisotopic (exact) mass is 387 g/mol. The van der Waals surface area contributed by atoms with Gasteiger partial charge < -0.3 is 19.7 Å². The van der Waals surface area contributed by atoms with Gasteiger partial charge in [-0.15, -0.1) is 11.3 Å². The van der Waals surface area contributed by atoms with E-state index < -0.39 is 0 Å². The van der Waals surface area contributed by atoms with Crippen LogP contribution < -0.4 is 5.32 Å². The number of carbonyl (C=O) groups excluding carboxylic acids is 3. The standard InChI is InChI=1S/C18H21N5O3S/c1-11-19-5-8-22(11)7-4-15(25)23-6-3-12-13(9-23)27-17-16(12)18(26)21(2)10-14(24)20-17/h5,8H,3-4,6-7,9-10H2,1-2H3,(H,20,24). The van der Waals surface area contributed by atoms with Crippen LogP contribution in [0.1, 0.15) is 33.0 Å². The second kappa shape index (κ2) is 6.80. The minimum absolute atomic E-state index is 0.0628. The number of rotatable bonds is 3. The predicted octanol–water partition coefficient (Wildman–Crippen LogP) is 1.25. The molecule has 1 N–H and O–H groups in total. The average Bonchev–Trinajstić information content (AvgIpc) is 3.17. The molecule has 142 valence electrons. The summed E-state index contributed by atoms with van der Waals surface area (Å²) in [6.45, 7) is 3.66. The van der Waals surface area contributed by atoms with Gasteiger partial charge in [0.25, 0.3) is 5.91 Å². The number of likely N-dealkylation sites (N-methyl/N-ethyl adjacent to an activating group) is 1. The topological polar surface area (TPSA) is 87.5 Å². The van der Waals surface area contributed by atoms with E-state index in [1.165, 1.54) is 16.2 Å². The highest BCUT2D eigenvalue weighted by Gasteiger charge is 2.33. The van der Waals surface area contributed by atoms with Crippen molar-refractivity contribution in [3.63, 3.8) is 0 Å². The molecular formula is C18H21N5O3S. The summed E-state index contributed by atoms with van der Waals surface area (Å²) in [6.07, 6.45) is 4.65. The van der Waals surface area contributed by atoms with Crippen molar-refractivity contribution in [2.24, 2.45) is 0 Å². The van der Waals surface area contributed by atoms with E-state index in [1.54, 1.807) is 13.2 Å². The van der Waals surface area contributed by atoms with Crippen molar-refractivity contribution in [3.8, 4) is 0 Å². The zero-order chi connectivity index (χ0) is 19.1. The van der Waals surface area contributed by atoms with Crippen molar-refractivity contribution in [1.29, 1.82) is 0 Å². The Kier molecular flexibility index (Phi) is 4.47. The number of nitrogens with zero attached hydrogens (tertiary/aromatic N) is 4. The third kappa shape index (κ3) is 3.23. The third-order valence-corrected chi connectivity index (χ3v) is 6.23. The van der Waals surface area contributed by atoms with Gasteiger partial charge in [-0.1, -0.05) is 0 Å². The van der Waals surface area contributed by atoms with E-state index in [2.05, 4.69) is 10.3 Å². The third-order valence-electron chi connectivity index (χ3n) is 5.09. The van der Waals surface area contributed by atoms with Gasteiger partial charge in [0.15, 0.2) is 0 Å². The smallest absolute Gasteiger partial charge is 0.257 e. The van der Waals surface area contributed by atoms with E-state index in [1.807, 2.05) is 22.6 Å². The number of carbonyl (C=O) groups is 3. The molecule has 3 amide bonds. The summed E-state index contributed by atoms with van der Waals surface area (Å²) < 4.78 is 1.96. The number of imidazole rings is 1. The van der Waals surface area contributed by atoms with Gasteiger partial charge in [0, 0.05) is 43.8 Å². The molecule has 27 heavy (non-hydrogen) atoms. The van der Waals surface area contributed by atoms with Crippen LogP contribution in [0.2, 0.25) is 0 Å². The van der Waals surface area contributed by atoms with Gasteiger partial charge in [-0.3, -0.25) is 14.4 Å². The van der Waals surface area contributed by atoms with Crippen LogP contribution in [0, 0.1) is 6.92 Å². The fourth-order valence-corrected chi connectivity index (χ4v) is 4.86. The molecule has 2 aliphatic rings. The summed E-state index contributed by atoms with van der Waals surface area (Å²) in [6, 6.07) is 0.